The maximum Gasteiger partial charge on any atom is 0.164 e. The fourth-order valence-electron chi connectivity index (χ4n) is 7.33. The molecule has 1 aromatic heterocycles. The van der Waals surface area contributed by atoms with E-state index in [2.05, 4.69) is 147 Å². The molecule has 9 rings (SSSR count). The predicted octanol–water partition coefficient (Wildman–Crippen LogP) is 11.7. The summed E-state index contributed by atoms with van der Waals surface area (Å²) < 4.78 is 0. The van der Waals surface area contributed by atoms with Crippen LogP contribution in [0.2, 0.25) is 0 Å². The van der Waals surface area contributed by atoms with Gasteiger partial charge in [0, 0.05) is 22.1 Å². The maximum atomic E-state index is 5.03. The minimum atomic E-state index is -0.0370. The lowest BCUT2D eigenvalue weighted by Crippen LogP contribution is -2.14. The number of hydrogen-bond acceptors (Lipinski definition) is 3. The van der Waals surface area contributed by atoms with Crippen LogP contribution in [0.4, 0.5) is 0 Å². The van der Waals surface area contributed by atoms with E-state index in [0.29, 0.717) is 17.5 Å². The molecule has 0 saturated carbocycles. The lowest BCUT2D eigenvalue weighted by molar-refractivity contribution is 0.660. The molecule has 3 nitrogen and oxygen atoms in total. The Balaban J connectivity index is 1.10. The van der Waals surface area contributed by atoms with Crippen molar-refractivity contribution in [1.29, 1.82) is 0 Å². The Morgan fingerprint density at radius 1 is 0.347 bits per heavy atom. The molecule has 1 heterocycles. The van der Waals surface area contributed by atoms with Gasteiger partial charge in [0.15, 0.2) is 17.5 Å². The van der Waals surface area contributed by atoms with Gasteiger partial charge in [-0.2, -0.15) is 0 Å². The maximum absolute atomic E-state index is 5.03. The van der Waals surface area contributed by atoms with E-state index in [0.717, 1.165) is 22.3 Å². The molecular weight excluding hydrogens is 595 g/mol. The fourth-order valence-corrected chi connectivity index (χ4v) is 7.33. The van der Waals surface area contributed by atoms with Crippen LogP contribution < -0.4 is 0 Å². The predicted molar refractivity (Wildman–Crippen MR) is 202 cm³/mol. The number of hydrogen-bond donors (Lipinski definition) is 0. The number of aromatic nitrogens is 3. The molecule has 8 aromatic rings. The zero-order valence-electron chi connectivity index (χ0n) is 27.4. The van der Waals surface area contributed by atoms with E-state index in [9.17, 15) is 0 Å². The highest BCUT2D eigenvalue weighted by Gasteiger charge is 2.36. The molecule has 0 N–H and O–H groups in total. The van der Waals surface area contributed by atoms with Crippen LogP contribution in [0.5, 0.6) is 0 Å². The fraction of sp³-hybridized carbons (Fsp3) is 0.0652. The van der Waals surface area contributed by atoms with Crippen molar-refractivity contribution in [1.82, 2.24) is 15.0 Å². The molecule has 3 heteroatoms. The van der Waals surface area contributed by atoms with Crippen LogP contribution >= 0.6 is 0 Å². The van der Waals surface area contributed by atoms with Gasteiger partial charge >= 0.3 is 0 Å². The molecule has 0 saturated heterocycles. The summed E-state index contributed by atoms with van der Waals surface area (Å²) in [4.78, 5) is 15.0. The van der Waals surface area contributed by atoms with Gasteiger partial charge in [0.1, 0.15) is 0 Å². The van der Waals surface area contributed by atoms with Crippen LogP contribution in [-0.2, 0) is 5.41 Å². The first-order valence-corrected chi connectivity index (χ1v) is 16.8. The van der Waals surface area contributed by atoms with Crippen LogP contribution in [0.3, 0.4) is 0 Å². The summed E-state index contributed by atoms with van der Waals surface area (Å²) in [5.74, 6) is 1.96. The Hall–Kier alpha value is -6.19. The van der Waals surface area contributed by atoms with Gasteiger partial charge in [-0.05, 0) is 61.3 Å². The SMILES string of the molecule is CC1(C)c2ccccc2-c2c(-c3ccc(-c4nc(-c5ccccc5)nc(-c5ccc(-c6ccc7ccccc7c6)cc5)n4)cc3)cccc21. The van der Waals surface area contributed by atoms with Crippen LogP contribution in [0, 0.1) is 0 Å². The second-order valence-electron chi connectivity index (χ2n) is 13.3. The lowest BCUT2D eigenvalue weighted by atomic mass is 9.82. The van der Waals surface area contributed by atoms with Gasteiger partial charge in [0.25, 0.3) is 0 Å². The van der Waals surface area contributed by atoms with Crippen LogP contribution in [0.1, 0.15) is 25.0 Å². The smallest absolute Gasteiger partial charge is 0.164 e. The van der Waals surface area contributed by atoms with E-state index >= 15 is 0 Å². The molecule has 0 unspecified atom stereocenters. The molecule has 0 amide bonds. The average Bonchev–Trinajstić information content (AvgIpc) is 3.41. The van der Waals surface area contributed by atoms with E-state index in [-0.39, 0.29) is 5.41 Å². The Morgan fingerprint density at radius 2 is 0.837 bits per heavy atom. The normalized spacial score (nSPS) is 12.9. The van der Waals surface area contributed by atoms with E-state index < -0.39 is 0 Å². The zero-order chi connectivity index (χ0) is 33.0. The van der Waals surface area contributed by atoms with Gasteiger partial charge in [-0.1, -0.05) is 172 Å². The first-order valence-electron chi connectivity index (χ1n) is 16.8. The first-order chi connectivity index (χ1) is 24.0. The minimum absolute atomic E-state index is 0.0370. The Kier molecular flexibility index (Phi) is 6.80. The monoisotopic (exact) mass is 627 g/mol. The van der Waals surface area contributed by atoms with Crippen LogP contribution in [0.15, 0.2) is 164 Å². The lowest BCUT2D eigenvalue weighted by Gasteiger charge is -2.21. The van der Waals surface area contributed by atoms with Gasteiger partial charge < -0.3 is 0 Å². The van der Waals surface area contributed by atoms with Crippen molar-refractivity contribution >= 4 is 10.8 Å². The second-order valence-corrected chi connectivity index (χ2v) is 13.3. The number of benzene rings is 7. The summed E-state index contributed by atoms with van der Waals surface area (Å²) in [6.45, 7) is 4.65. The van der Waals surface area contributed by atoms with Crippen molar-refractivity contribution in [3.63, 3.8) is 0 Å². The summed E-state index contributed by atoms with van der Waals surface area (Å²) >= 11 is 0. The van der Waals surface area contributed by atoms with Gasteiger partial charge in [-0.15, -0.1) is 0 Å². The first kappa shape index (κ1) is 29.0. The topological polar surface area (TPSA) is 38.7 Å². The van der Waals surface area contributed by atoms with Gasteiger partial charge in [-0.25, -0.2) is 15.0 Å². The van der Waals surface area contributed by atoms with E-state index in [1.807, 2.05) is 30.3 Å². The molecule has 0 aliphatic heterocycles. The van der Waals surface area contributed by atoms with E-state index in [1.165, 1.54) is 49.7 Å². The standard InChI is InChI=1S/C46H33N3/c1-46(2)40-17-9-8-15-39(40)42-38(16-10-18-41(42)46)32-22-26-35(27-23-32)45-48-43(33-12-4-3-5-13-33)47-44(49-45)34-24-19-31(20-25-34)37-28-21-30-11-6-7-14-36(30)29-37/h3-29H,1-2H3. The van der Waals surface area contributed by atoms with Crippen LogP contribution in [0.25, 0.3) is 78.3 Å². The summed E-state index contributed by atoms with van der Waals surface area (Å²) in [5.41, 5.74) is 13.0. The Bertz CT molecular complexity index is 2500. The molecule has 0 atom stereocenters. The third-order valence-corrected chi connectivity index (χ3v) is 9.95. The third kappa shape index (κ3) is 5.03. The van der Waals surface area contributed by atoms with Gasteiger partial charge in [0.2, 0.25) is 0 Å². The van der Waals surface area contributed by atoms with Crippen molar-refractivity contribution in [2.24, 2.45) is 0 Å². The molecule has 49 heavy (non-hydrogen) atoms. The largest absolute Gasteiger partial charge is 0.208 e. The summed E-state index contributed by atoms with van der Waals surface area (Å²) in [7, 11) is 0. The molecule has 0 bridgehead atoms. The zero-order valence-corrected chi connectivity index (χ0v) is 27.4. The Morgan fingerprint density at radius 3 is 1.53 bits per heavy atom. The highest BCUT2D eigenvalue weighted by atomic mass is 15.0. The van der Waals surface area contributed by atoms with E-state index in [4.69, 9.17) is 15.0 Å². The minimum Gasteiger partial charge on any atom is -0.208 e. The van der Waals surface area contributed by atoms with Crippen molar-refractivity contribution < 1.29 is 0 Å². The van der Waals surface area contributed by atoms with Crippen LogP contribution in [-0.4, -0.2) is 15.0 Å². The molecular formula is C46H33N3. The summed E-state index contributed by atoms with van der Waals surface area (Å²) in [6.07, 6.45) is 0. The molecule has 0 fully saturated rings. The number of fused-ring (bicyclic) bond motifs is 4. The van der Waals surface area contributed by atoms with Crippen molar-refractivity contribution in [3.8, 4) is 67.5 Å². The third-order valence-electron chi connectivity index (χ3n) is 9.95. The highest BCUT2D eigenvalue weighted by molar-refractivity contribution is 5.93. The molecule has 232 valence electrons. The van der Waals surface area contributed by atoms with Crippen molar-refractivity contribution in [2.75, 3.05) is 0 Å². The molecule has 7 aromatic carbocycles. The van der Waals surface area contributed by atoms with E-state index in [1.54, 1.807) is 0 Å². The summed E-state index contributed by atoms with van der Waals surface area (Å²) in [5, 5.41) is 2.47. The molecule has 0 spiro atoms. The van der Waals surface area contributed by atoms with Gasteiger partial charge in [0.05, 0.1) is 0 Å². The van der Waals surface area contributed by atoms with Gasteiger partial charge in [-0.3, -0.25) is 0 Å². The molecule has 1 aliphatic carbocycles. The summed E-state index contributed by atoms with van der Waals surface area (Å²) in [6, 6.07) is 57.9. The second kappa shape index (κ2) is 11.5. The highest BCUT2D eigenvalue weighted by Crippen LogP contribution is 2.52. The average molecular weight is 628 g/mol. The van der Waals surface area contributed by atoms with Crippen molar-refractivity contribution in [3.05, 3.63) is 175 Å². The molecule has 0 radical (unpaired) electrons. The quantitative estimate of drug-likeness (QED) is 0.191. The number of rotatable bonds is 5. The molecule has 1 aliphatic rings. The number of nitrogens with zero attached hydrogens (tertiary/aromatic N) is 3. The Labute approximate surface area is 286 Å². The van der Waals surface area contributed by atoms with Crippen molar-refractivity contribution in [2.45, 2.75) is 19.3 Å².